The molecule has 5 N–H and O–H groups in total. The highest BCUT2D eigenvalue weighted by molar-refractivity contribution is 6.00. The minimum atomic E-state index is -1.63. The molecule has 2 aliphatic carbocycles. The highest BCUT2D eigenvalue weighted by atomic mass is 16.7. The van der Waals surface area contributed by atoms with E-state index in [0.717, 1.165) is 0 Å². The number of carboxylic acids is 1. The summed E-state index contributed by atoms with van der Waals surface area (Å²) in [5, 5.41) is 49.1. The number of fused-ring (bicyclic) bond motifs is 1. The molecule has 0 radical (unpaired) electrons. The highest BCUT2D eigenvalue weighted by Gasteiger charge is 2.46. The van der Waals surface area contributed by atoms with Gasteiger partial charge in [-0.15, -0.1) is 0 Å². The Hall–Kier alpha value is -2.67. The van der Waals surface area contributed by atoms with Crippen molar-refractivity contribution in [2.45, 2.75) is 57.1 Å². The number of rotatable bonds is 8. The van der Waals surface area contributed by atoms with Crippen molar-refractivity contribution in [3.8, 4) is 0 Å². The maximum absolute atomic E-state index is 12.9. The van der Waals surface area contributed by atoms with Gasteiger partial charge in [0, 0.05) is 23.0 Å². The summed E-state index contributed by atoms with van der Waals surface area (Å²) in [5.74, 6) is -4.13. The molecule has 198 valence electrons. The molecule has 0 spiro atoms. The maximum Gasteiger partial charge on any atom is 0.333 e. The standard InChI is InChI=1S/C25H32O11/c1-10(2)24(33)35-17-5-11(3)19-15(7-14(17)12(4)23(31)32)13(6-16(19)27)9-34-25-22(30)21(29)20(28)18(8-26)36-25/h6-7,11,14,17-22,25-26,28-30H,1,4-5,8-9H2,2-3H3,(H,31,32)/t11-,14+,17-,18+,19-,20+,21+,22+,25+/m0/s1. The molecule has 1 fully saturated rings. The Bertz CT molecular complexity index is 994. The lowest BCUT2D eigenvalue weighted by Crippen LogP contribution is -2.59. The van der Waals surface area contributed by atoms with Crippen molar-refractivity contribution in [2.75, 3.05) is 13.2 Å². The summed E-state index contributed by atoms with van der Waals surface area (Å²) in [5.41, 5.74) is 0.801. The van der Waals surface area contributed by atoms with Crippen LogP contribution in [-0.2, 0) is 28.6 Å². The van der Waals surface area contributed by atoms with Gasteiger partial charge in [-0.1, -0.05) is 26.2 Å². The number of carbonyl (C=O) groups is 3. The number of ketones is 1. The topological polar surface area (TPSA) is 180 Å². The molecule has 11 nitrogen and oxygen atoms in total. The van der Waals surface area contributed by atoms with E-state index in [2.05, 4.69) is 13.2 Å². The Kier molecular flexibility index (Phi) is 8.65. The molecule has 3 aliphatic rings. The lowest BCUT2D eigenvalue weighted by Gasteiger charge is -2.39. The van der Waals surface area contributed by atoms with Crippen molar-refractivity contribution in [3.63, 3.8) is 0 Å². The third kappa shape index (κ3) is 5.51. The third-order valence-corrected chi connectivity index (χ3v) is 6.80. The molecule has 0 aromatic heterocycles. The van der Waals surface area contributed by atoms with Gasteiger partial charge in [0.15, 0.2) is 12.1 Å². The van der Waals surface area contributed by atoms with Crippen LogP contribution in [0.3, 0.4) is 0 Å². The van der Waals surface area contributed by atoms with Crippen molar-refractivity contribution in [2.24, 2.45) is 17.8 Å². The number of aliphatic carboxylic acids is 1. The van der Waals surface area contributed by atoms with Gasteiger partial charge in [0.05, 0.1) is 13.2 Å². The molecule has 0 bridgehead atoms. The number of ether oxygens (including phenoxy) is 3. The van der Waals surface area contributed by atoms with Gasteiger partial charge in [0.2, 0.25) is 0 Å². The minimum absolute atomic E-state index is 0.143. The lowest BCUT2D eigenvalue weighted by atomic mass is 9.85. The van der Waals surface area contributed by atoms with Gasteiger partial charge in [0.25, 0.3) is 0 Å². The zero-order valence-corrected chi connectivity index (χ0v) is 20.1. The van der Waals surface area contributed by atoms with Crippen LogP contribution in [-0.4, -0.2) is 93.3 Å². The Morgan fingerprint density at radius 2 is 1.83 bits per heavy atom. The Labute approximate surface area is 208 Å². The number of hydrogen-bond donors (Lipinski definition) is 5. The van der Waals surface area contributed by atoms with Crippen molar-refractivity contribution in [3.05, 3.63) is 47.6 Å². The predicted octanol–water partition coefficient (Wildman–Crippen LogP) is -0.361. The van der Waals surface area contributed by atoms with E-state index in [4.69, 9.17) is 14.2 Å². The molecule has 1 saturated heterocycles. The first-order valence-corrected chi connectivity index (χ1v) is 11.5. The van der Waals surface area contributed by atoms with Gasteiger partial charge in [-0.05, 0) is 36.5 Å². The smallest absolute Gasteiger partial charge is 0.333 e. The zero-order chi connectivity index (χ0) is 26.9. The number of hydrogen-bond acceptors (Lipinski definition) is 10. The maximum atomic E-state index is 12.9. The van der Waals surface area contributed by atoms with Crippen LogP contribution in [0.2, 0.25) is 0 Å². The van der Waals surface area contributed by atoms with E-state index in [1.54, 1.807) is 13.0 Å². The second-order valence-corrected chi connectivity index (χ2v) is 9.47. The molecule has 0 unspecified atom stereocenters. The zero-order valence-electron chi connectivity index (χ0n) is 20.1. The van der Waals surface area contributed by atoms with Crippen molar-refractivity contribution in [1.29, 1.82) is 0 Å². The number of carboxylic acid groups (broad SMARTS) is 1. The summed E-state index contributed by atoms with van der Waals surface area (Å²) in [6.45, 7) is 9.58. The summed E-state index contributed by atoms with van der Waals surface area (Å²) in [6, 6.07) is 0. The quantitative estimate of drug-likeness (QED) is 0.213. The summed E-state index contributed by atoms with van der Waals surface area (Å²) in [4.78, 5) is 36.9. The van der Waals surface area contributed by atoms with Crippen molar-refractivity contribution < 1.29 is 54.1 Å². The van der Waals surface area contributed by atoms with E-state index in [1.165, 1.54) is 13.0 Å². The molecule has 1 heterocycles. The fourth-order valence-electron chi connectivity index (χ4n) is 4.77. The van der Waals surface area contributed by atoms with Crippen LogP contribution in [0.15, 0.2) is 47.6 Å². The van der Waals surface area contributed by atoms with Crippen LogP contribution in [0.25, 0.3) is 0 Å². The van der Waals surface area contributed by atoms with Gasteiger partial charge in [-0.2, -0.15) is 0 Å². The fourth-order valence-corrected chi connectivity index (χ4v) is 4.77. The van der Waals surface area contributed by atoms with Gasteiger partial charge in [-0.3, -0.25) is 4.79 Å². The van der Waals surface area contributed by atoms with Crippen LogP contribution >= 0.6 is 0 Å². The van der Waals surface area contributed by atoms with E-state index >= 15 is 0 Å². The molecule has 11 heteroatoms. The average molecular weight is 509 g/mol. The van der Waals surface area contributed by atoms with Gasteiger partial charge >= 0.3 is 11.9 Å². The number of allylic oxidation sites excluding steroid dienone is 1. The highest BCUT2D eigenvalue weighted by Crippen LogP contribution is 2.43. The number of esters is 1. The van der Waals surface area contributed by atoms with Gasteiger partial charge < -0.3 is 39.7 Å². The third-order valence-electron chi connectivity index (χ3n) is 6.80. The summed E-state index contributed by atoms with van der Waals surface area (Å²) < 4.78 is 16.5. The Balaban J connectivity index is 1.89. The molecular formula is C25H32O11. The molecule has 0 saturated carbocycles. The second-order valence-electron chi connectivity index (χ2n) is 9.47. The fraction of sp³-hybridized carbons (Fsp3) is 0.560. The first-order valence-electron chi connectivity index (χ1n) is 11.5. The number of aliphatic hydroxyl groups is 4. The number of aliphatic hydroxyl groups excluding tert-OH is 4. The van der Waals surface area contributed by atoms with Crippen LogP contribution < -0.4 is 0 Å². The molecule has 0 aromatic rings. The van der Waals surface area contributed by atoms with Gasteiger partial charge in [0.1, 0.15) is 30.5 Å². The van der Waals surface area contributed by atoms with E-state index in [1.807, 2.05) is 0 Å². The summed E-state index contributed by atoms with van der Waals surface area (Å²) >= 11 is 0. The average Bonchev–Trinajstić information content (AvgIpc) is 3.05. The van der Waals surface area contributed by atoms with Gasteiger partial charge in [-0.25, -0.2) is 9.59 Å². The van der Waals surface area contributed by atoms with E-state index < -0.39 is 67.2 Å². The molecule has 36 heavy (non-hydrogen) atoms. The van der Waals surface area contributed by atoms with Crippen molar-refractivity contribution in [1.82, 2.24) is 0 Å². The molecule has 1 aliphatic heterocycles. The SMILES string of the molecule is C=C(C)C(=O)O[C@H]1C[C@H](C)[C@@H]2C(=O)C=C(CO[C@@H]3O[C@H](CO)[C@@H](O)[C@@H](O)[C@H]3O)C2=C[C@@H]1C(=C)C(=O)O. The van der Waals surface area contributed by atoms with E-state index in [9.17, 15) is 39.9 Å². The summed E-state index contributed by atoms with van der Waals surface area (Å²) in [6.07, 6.45) is -5.16. The molecular weight excluding hydrogens is 476 g/mol. The van der Waals surface area contributed by atoms with Crippen LogP contribution in [0, 0.1) is 17.8 Å². The lowest BCUT2D eigenvalue weighted by molar-refractivity contribution is -0.298. The largest absolute Gasteiger partial charge is 0.478 e. The molecule has 0 aromatic carbocycles. The first kappa shape index (κ1) is 27.9. The first-order chi connectivity index (χ1) is 16.9. The Morgan fingerprint density at radius 3 is 2.42 bits per heavy atom. The normalized spacial score (nSPS) is 36.3. The number of carbonyl (C=O) groups excluding carboxylic acids is 2. The van der Waals surface area contributed by atoms with E-state index in [0.29, 0.717) is 11.1 Å². The van der Waals surface area contributed by atoms with E-state index in [-0.39, 0.29) is 35.9 Å². The van der Waals surface area contributed by atoms with Crippen molar-refractivity contribution >= 4 is 17.7 Å². The monoisotopic (exact) mass is 508 g/mol. The van der Waals surface area contributed by atoms with Crippen LogP contribution in [0.1, 0.15) is 20.3 Å². The molecule has 0 amide bonds. The molecule has 9 atom stereocenters. The predicted molar refractivity (Wildman–Crippen MR) is 123 cm³/mol. The van der Waals surface area contributed by atoms with Crippen LogP contribution in [0.4, 0.5) is 0 Å². The minimum Gasteiger partial charge on any atom is -0.478 e. The molecule has 3 rings (SSSR count). The Morgan fingerprint density at radius 1 is 1.17 bits per heavy atom. The second kappa shape index (κ2) is 11.2. The summed E-state index contributed by atoms with van der Waals surface area (Å²) in [7, 11) is 0. The van der Waals surface area contributed by atoms with Crippen LogP contribution in [0.5, 0.6) is 0 Å².